The fourth-order valence-electron chi connectivity index (χ4n) is 1.41. The second-order valence-electron chi connectivity index (χ2n) is 4.54. The zero-order valence-corrected chi connectivity index (χ0v) is 10.2. The third kappa shape index (κ3) is 4.81. The minimum Gasteiger partial charge on any atom is -0.392 e. The second kappa shape index (κ2) is 6.69. The molecule has 2 unspecified atom stereocenters. The maximum Gasteiger partial charge on any atom is 0.123 e. The fourth-order valence-corrected chi connectivity index (χ4v) is 1.41. The number of rotatable bonds is 6. The number of aliphatic hydroxyl groups excluding tert-OH is 2. The third-order valence-corrected chi connectivity index (χ3v) is 2.72. The van der Waals surface area contributed by atoms with Gasteiger partial charge in [0.05, 0.1) is 12.2 Å². The van der Waals surface area contributed by atoms with Crippen LogP contribution in [0.1, 0.15) is 25.5 Å². The van der Waals surface area contributed by atoms with Crippen molar-refractivity contribution >= 4 is 0 Å². The van der Waals surface area contributed by atoms with Gasteiger partial charge in [0.1, 0.15) is 5.82 Å². The van der Waals surface area contributed by atoms with E-state index in [0.717, 1.165) is 0 Å². The van der Waals surface area contributed by atoms with Gasteiger partial charge in [-0.25, -0.2) is 4.39 Å². The van der Waals surface area contributed by atoms with Gasteiger partial charge in [-0.15, -0.1) is 0 Å². The molecule has 0 bridgehead atoms. The van der Waals surface area contributed by atoms with Crippen LogP contribution in [-0.2, 0) is 0 Å². The lowest BCUT2D eigenvalue weighted by atomic mass is 10.1. The van der Waals surface area contributed by atoms with Crippen molar-refractivity contribution in [1.29, 1.82) is 0 Å². The normalized spacial score (nSPS) is 14.9. The molecule has 0 aliphatic rings. The van der Waals surface area contributed by atoms with Gasteiger partial charge in [-0.2, -0.15) is 0 Å². The molecular weight excluding hydrogens is 221 g/mol. The molecule has 96 valence electrons. The number of aliphatic hydroxyl groups is 2. The minimum atomic E-state index is -0.685. The largest absolute Gasteiger partial charge is 0.392 e. The Morgan fingerprint density at radius 3 is 2.24 bits per heavy atom. The van der Waals surface area contributed by atoms with E-state index in [4.69, 9.17) is 0 Å². The highest BCUT2D eigenvalue weighted by Gasteiger charge is 2.11. The smallest absolute Gasteiger partial charge is 0.123 e. The molecule has 3 nitrogen and oxygen atoms in total. The van der Waals surface area contributed by atoms with Crippen LogP contribution in [0.3, 0.4) is 0 Å². The highest BCUT2D eigenvalue weighted by molar-refractivity contribution is 5.18. The Morgan fingerprint density at radius 2 is 1.71 bits per heavy atom. The first-order valence-electron chi connectivity index (χ1n) is 5.83. The molecule has 0 aromatic heterocycles. The van der Waals surface area contributed by atoms with Crippen LogP contribution in [0.25, 0.3) is 0 Å². The van der Waals surface area contributed by atoms with Crippen LogP contribution in [0.15, 0.2) is 24.3 Å². The molecule has 0 spiro atoms. The van der Waals surface area contributed by atoms with Crippen molar-refractivity contribution in [3.05, 3.63) is 35.6 Å². The lowest BCUT2D eigenvalue weighted by molar-refractivity contribution is 0.113. The summed E-state index contributed by atoms with van der Waals surface area (Å²) < 4.78 is 12.7. The topological polar surface area (TPSA) is 52.5 Å². The Balaban J connectivity index is 2.34. The first-order valence-corrected chi connectivity index (χ1v) is 5.83. The summed E-state index contributed by atoms with van der Waals surface area (Å²) in [6, 6.07) is 5.75. The molecule has 1 aromatic rings. The highest BCUT2D eigenvalue weighted by atomic mass is 19.1. The highest BCUT2D eigenvalue weighted by Crippen LogP contribution is 2.12. The van der Waals surface area contributed by atoms with Gasteiger partial charge in [0, 0.05) is 13.1 Å². The van der Waals surface area contributed by atoms with Crippen molar-refractivity contribution in [2.24, 2.45) is 5.92 Å². The molecule has 0 aliphatic heterocycles. The minimum absolute atomic E-state index is 0.186. The van der Waals surface area contributed by atoms with Crippen LogP contribution in [0, 0.1) is 11.7 Å². The maximum absolute atomic E-state index is 12.7. The SMILES string of the molecule is CC(C)C(O)CNCC(O)c1ccc(F)cc1. The molecule has 0 saturated heterocycles. The van der Waals surface area contributed by atoms with E-state index in [0.29, 0.717) is 18.7 Å². The van der Waals surface area contributed by atoms with Crippen LogP contribution in [-0.4, -0.2) is 29.4 Å². The fraction of sp³-hybridized carbons (Fsp3) is 0.538. The average molecular weight is 241 g/mol. The van der Waals surface area contributed by atoms with Crippen molar-refractivity contribution in [3.8, 4) is 0 Å². The summed E-state index contributed by atoms with van der Waals surface area (Å²) in [5.74, 6) is -0.130. The lowest BCUT2D eigenvalue weighted by Crippen LogP contribution is -2.33. The van der Waals surface area contributed by atoms with Gasteiger partial charge in [-0.1, -0.05) is 26.0 Å². The van der Waals surface area contributed by atoms with Crippen LogP contribution >= 0.6 is 0 Å². The molecule has 0 aliphatic carbocycles. The van der Waals surface area contributed by atoms with Crippen LogP contribution in [0.2, 0.25) is 0 Å². The summed E-state index contributed by atoms with van der Waals surface area (Å²) in [5.41, 5.74) is 0.665. The Labute approximate surface area is 101 Å². The Kier molecular flexibility index (Phi) is 5.55. The van der Waals surface area contributed by atoms with Gasteiger partial charge in [-0.3, -0.25) is 0 Å². The predicted octanol–water partition coefficient (Wildman–Crippen LogP) is 1.47. The first-order chi connectivity index (χ1) is 8.00. The standard InChI is InChI=1S/C13H20FNO2/c1-9(2)12(16)7-15-8-13(17)10-3-5-11(14)6-4-10/h3-6,9,12-13,15-17H,7-8H2,1-2H3. The number of halogens is 1. The Morgan fingerprint density at radius 1 is 1.12 bits per heavy atom. The summed E-state index contributed by atoms with van der Waals surface area (Å²) in [6.07, 6.45) is -1.11. The Hall–Kier alpha value is -0.970. The summed E-state index contributed by atoms with van der Waals surface area (Å²) in [4.78, 5) is 0. The van der Waals surface area contributed by atoms with E-state index in [1.807, 2.05) is 13.8 Å². The van der Waals surface area contributed by atoms with Crippen molar-refractivity contribution in [2.45, 2.75) is 26.1 Å². The number of nitrogens with one attached hydrogen (secondary N) is 1. The monoisotopic (exact) mass is 241 g/mol. The predicted molar refractivity (Wildman–Crippen MR) is 65.1 cm³/mol. The summed E-state index contributed by atoms with van der Waals surface area (Å²) >= 11 is 0. The van der Waals surface area contributed by atoms with Crippen molar-refractivity contribution in [3.63, 3.8) is 0 Å². The van der Waals surface area contributed by atoms with Gasteiger partial charge < -0.3 is 15.5 Å². The van der Waals surface area contributed by atoms with Gasteiger partial charge in [-0.05, 0) is 23.6 Å². The number of hydrogen-bond donors (Lipinski definition) is 3. The molecule has 0 saturated carbocycles. The zero-order valence-electron chi connectivity index (χ0n) is 10.2. The molecule has 4 heteroatoms. The summed E-state index contributed by atoms with van der Waals surface area (Å²) in [7, 11) is 0. The molecule has 0 fully saturated rings. The van der Waals surface area contributed by atoms with Gasteiger partial charge in [0.15, 0.2) is 0 Å². The van der Waals surface area contributed by atoms with E-state index >= 15 is 0 Å². The van der Waals surface area contributed by atoms with Gasteiger partial charge in [0.2, 0.25) is 0 Å². The average Bonchev–Trinajstić information content (AvgIpc) is 2.29. The van der Waals surface area contributed by atoms with E-state index in [1.54, 1.807) is 12.1 Å². The van der Waals surface area contributed by atoms with Gasteiger partial charge >= 0.3 is 0 Å². The van der Waals surface area contributed by atoms with E-state index in [2.05, 4.69) is 5.32 Å². The third-order valence-electron chi connectivity index (χ3n) is 2.72. The summed E-state index contributed by atoms with van der Waals surface area (Å²) in [6.45, 7) is 4.65. The van der Waals surface area contributed by atoms with Crippen molar-refractivity contribution in [1.82, 2.24) is 5.32 Å². The maximum atomic E-state index is 12.7. The molecule has 17 heavy (non-hydrogen) atoms. The zero-order chi connectivity index (χ0) is 12.8. The van der Waals surface area contributed by atoms with E-state index in [-0.39, 0.29) is 11.7 Å². The van der Waals surface area contributed by atoms with Crippen molar-refractivity contribution < 1.29 is 14.6 Å². The molecule has 1 rings (SSSR count). The Bertz CT molecular complexity index is 327. The van der Waals surface area contributed by atoms with Crippen molar-refractivity contribution in [2.75, 3.05) is 13.1 Å². The molecule has 3 N–H and O–H groups in total. The summed E-state index contributed by atoms with van der Waals surface area (Å²) in [5, 5.41) is 22.3. The van der Waals surface area contributed by atoms with E-state index < -0.39 is 12.2 Å². The molecule has 0 amide bonds. The van der Waals surface area contributed by atoms with E-state index in [1.165, 1.54) is 12.1 Å². The number of benzene rings is 1. The first kappa shape index (κ1) is 14.1. The second-order valence-corrected chi connectivity index (χ2v) is 4.54. The van der Waals surface area contributed by atoms with Crippen LogP contribution < -0.4 is 5.32 Å². The van der Waals surface area contributed by atoms with Crippen LogP contribution in [0.4, 0.5) is 4.39 Å². The molecule has 0 radical (unpaired) electrons. The molecule has 2 atom stereocenters. The lowest BCUT2D eigenvalue weighted by Gasteiger charge is -2.17. The molecular formula is C13H20FNO2. The van der Waals surface area contributed by atoms with Crippen LogP contribution in [0.5, 0.6) is 0 Å². The molecule has 1 aromatic carbocycles. The molecule has 0 heterocycles. The van der Waals surface area contributed by atoms with Gasteiger partial charge in [0.25, 0.3) is 0 Å². The van der Waals surface area contributed by atoms with E-state index in [9.17, 15) is 14.6 Å². The quantitative estimate of drug-likeness (QED) is 0.707. The number of hydrogen-bond acceptors (Lipinski definition) is 3.